The Kier molecular flexibility index (Phi) is 7.77. The second-order valence-corrected chi connectivity index (χ2v) is 14.8. The molecule has 3 rings (SSSR count). The number of ether oxygens (including phenoxy) is 3. The van der Waals surface area contributed by atoms with Crippen molar-refractivity contribution in [2.75, 3.05) is 13.7 Å². The number of rotatable bonds is 9. The number of hydrogen-bond acceptors (Lipinski definition) is 4. The number of carbonyl (C=O) groups is 1. The highest BCUT2D eigenvalue weighted by Crippen LogP contribution is 2.25. The summed E-state index contributed by atoms with van der Waals surface area (Å²) in [4.78, 5) is 12.4. The van der Waals surface area contributed by atoms with Gasteiger partial charge in [-0.2, -0.15) is 11.1 Å². The molecule has 0 saturated heterocycles. The van der Waals surface area contributed by atoms with Crippen molar-refractivity contribution < 1.29 is 19.0 Å². The van der Waals surface area contributed by atoms with Gasteiger partial charge in [-0.15, -0.1) is 0 Å². The van der Waals surface area contributed by atoms with Crippen molar-refractivity contribution in [1.29, 1.82) is 0 Å². The molecule has 4 nitrogen and oxygen atoms in total. The molecule has 3 aromatic carbocycles. The third-order valence-corrected chi connectivity index (χ3v) is 6.87. The molecule has 6 heteroatoms. The highest BCUT2D eigenvalue weighted by atomic mass is 35.6. The van der Waals surface area contributed by atoms with Crippen LogP contribution in [0.5, 0.6) is 17.2 Å². The monoisotopic (exact) mass is 454 g/mol. The van der Waals surface area contributed by atoms with Crippen LogP contribution in [0, 0.1) is 0 Å². The average Bonchev–Trinajstić information content (AvgIpc) is 2.77. The highest BCUT2D eigenvalue weighted by molar-refractivity contribution is 7.19. The first-order valence-corrected chi connectivity index (χ1v) is 14.4. The molecule has 0 unspecified atom stereocenters. The summed E-state index contributed by atoms with van der Waals surface area (Å²) in [5, 5.41) is 0. The Bertz CT molecular complexity index is 978. The molecule has 3 aromatic rings. The van der Waals surface area contributed by atoms with Gasteiger partial charge in [0.15, 0.2) is 7.38 Å². The molecule has 0 fully saturated rings. The van der Waals surface area contributed by atoms with Crippen molar-refractivity contribution >= 4 is 24.4 Å². The lowest BCUT2D eigenvalue weighted by Gasteiger charge is -2.13. The van der Waals surface area contributed by atoms with Crippen molar-refractivity contribution in [3.8, 4) is 28.4 Å². The normalized spacial score (nSPS) is 11.1. The van der Waals surface area contributed by atoms with Crippen LogP contribution in [-0.4, -0.2) is 27.1 Å². The second kappa shape index (κ2) is 10.5. The van der Waals surface area contributed by atoms with Gasteiger partial charge in [0.2, 0.25) is 0 Å². The number of methoxy groups -OCH3 is 1. The number of carbonyl (C=O) groups excluding carboxylic acids is 1. The Hall–Kier alpha value is -2.76. The van der Waals surface area contributed by atoms with Crippen LogP contribution in [-0.2, 0) is 0 Å². The van der Waals surface area contributed by atoms with E-state index in [9.17, 15) is 4.79 Å². The predicted octanol–water partition coefficient (Wildman–Crippen LogP) is 6.79. The molecule has 162 valence electrons. The van der Waals surface area contributed by atoms with Gasteiger partial charge >= 0.3 is 5.97 Å². The van der Waals surface area contributed by atoms with Crippen LogP contribution in [0.3, 0.4) is 0 Å². The van der Waals surface area contributed by atoms with Crippen molar-refractivity contribution in [2.45, 2.75) is 25.6 Å². The fraction of sp³-hybridized carbons (Fsp3) is 0.240. The topological polar surface area (TPSA) is 44.8 Å². The van der Waals surface area contributed by atoms with E-state index in [1.54, 1.807) is 43.5 Å². The van der Waals surface area contributed by atoms with Crippen molar-refractivity contribution in [2.24, 2.45) is 0 Å². The first-order valence-electron chi connectivity index (χ1n) is 10.2. The molecule has 0 aliphatic carbocycles. The minimum Gasteiger partial charge on any atom is -0.497 e. The van der Waals surface area contributed by atoms with Crippen LogP contribution in [0.1, 0.15) is 16.8 Å². The van der Waals surface area contributed by atoms with E-state index in [0.29, 0.717) is 17.9 Å². The van der Waals surface area contributed by atoms with E-state index in [-0.39, 0.29) is 0 Å². The lowest BCUT2D eigenvalue weighted by molar-refractivity contribution is 0.0734. The summed E-state index contributed by atoms with van der Waals surface area (Å²) in [6.07, 6.45) is 0.930. The summed E-state index contributed by atoms with van der Waals surface area (Å²) >= 11 is 6.32. The largest absolute Gasteiger partial charge is 0.497 e. The number of hydrogen-bond donors (Lipinski definition) is 0. The van der Waals surface area contributed by atoms with Crippen LogP contribution in [0.15, 0.2) is 72.8 Å². The molecule has 0 N–H and O–H groups in total. The molecular weight excluding hydrogens is 428 g/mol. The van der Waals surface area contributed by atoms with Crippen molar-refractivity contribution in [1.82, 2.24) is 0 Å². The van der Waals surface area contributed by atoms with Gasteiger partial charge in [-0.1, -0.05) is 37.4 Å². The minimum absolute atomic E-state index is 0.404. The van der Waals surface area contributed by atoms with E-state index in [0.717, 1.165) is 35.1 Å². The van der Waals surface area contributed by atoms with Gasteiger partial charge in [-0.05, 0) is 72.1 Å². The van der Waals surface area contributed by atoms with Gasteiger partial charge in [-0.3, -0.25) is 0 Å². The molecule has 0 aliphatic rings. The van der Waals surface area contributed by atoms with Crippen LogP contribution in [0.25, 0.3) is 11.1 Å². The van der Waals surface area contributed by atoms with Gasteiger partial charge < -0.3 is 14.2 Å². The summed E-state index contributed by atoms with van der Waals surface area (Å²) in [6, 6.07) is 23.2. The minimum atomic E-state index is -1.56. The smallest absolute Gasteiger partial charge is 0.343 e. The molecule has 0 amide bonds. The van der Waals surface area contributed by atoms with E-state index >= 15 is 0 Å². The van der Waals surface area contributed by atoms with Gasteiger partial charge in [-0.25, -0.2) is 4.79 Å². The summed E-state index contributed by atoms with van der Waals surface area (Å²) < 4.78 is 16.4. The van der Waals surface area contributed by atoms with E-state index < -0.39 is 13.4 Å². The summed E-state index contributed by atoms with van der Waals surface area (Å²) in [7, 11) is 0.0851. The zero-order valence-electron chi connectivity index (χ0n) is 18.1. The lowest BCUT2D eigenvalue weighted by Crippen LogP contribution is -2.16. The fourth-order valence-electron chi connectivity index (χ4n) is 3.03. The molecule has 0 bridgehead atoms. The molecule has 0 aliphatic heterocycles. The zero-order chi connectivity index (χ0) is 22.3. The highest BCUT2D eigenvalue weighted by Gasteiger charge is 2.16. The molecule has 31 heavy (non-hydrogen) atoms. The quantitative estimate of drug-likeness (QED) is 0.117. The van der Waals surface area contributed by atoms with Gasteiger partial charge in [0.1, 0.15) is 17.2 Å². The third kappa shape index (κ3) is 7.16. The number of benzene rings is 3. The van der Waals surface area contributed by atoms with E-state index in [4.69, 9.17) is 25.3 Å². The molecule has 0 saturated carbocycles. The lowest BCUT2D eigenvalue weighted by atomic mass is 10.1. The molecular formula is C25H27ClO4Si. The van der Waals surface area contributed by atoms with E-state index in [1.165, 1.54) is 0 Å². The Balaban J connectivity index is 1.53. The Morgan fingerprint density at radius 2 is 1.32 bits per heavy atom. The van der Waals surface area contributed by atoms with Crippen LogP contribution >= 0.6 is 11.1 Å². The SMILES string of the molecule is COc1ccc(-c2ccc(OC(=O)c3ccc(OCCC[Si](C)(C)Cl)cc3)cc2)cc1. The Morgan fingerprint density at radius 3 is 1.84 bits per heavy atom. The van der Waals surface area contributed by atoms with Crippen LogP contribution in [0.2, 0.25) is 19.1 Å². The zero-order valence-corrected chi connectivity index (χ0v) is 19.8. The van der Waals surface area contributed by atoms with E-state index in [1.807, 2.05) is 36.4 Å². The maximum absolute atomic E-state index is 12.4. The summed E-state index contributed by atoms with van der Waals surface area (Å²) in [6.45, 7) is 4.87. The predicted molar refractivity (Wildman–Crippen MR) is 128 cm³/mol. The molecule has 0 aromatic heterocycles. The maximum Gasteiger partial charge on any atom is 0.343 e. The van der Waals surface area contributed by atoms with Crippen LogP contribution in [0.4, 0.5) is 0 Å². The van der Waals surface area contributed by atoms with Gasteiger partial charge in [0.05, 0.1) is 19.3 Å². The van der Waals surface area contributed by atoms with Gasteiger partial charge in [0, 0.05) is 0 Å². The number of esters is 1. The number of halogens is 1. The molecule has 0 spiro atoms. The maximum atomic E-state index is 12.4. The standard InChI is InChI=1S/C25H27ClO4Si/c1-28-22-11-5-19(6-12-22)20-7-15-24(16-8-20)30-25(27)21-9-13-23(14-10-21)29-17-4-18-31(2,3)26/h5-16H,4,17-18H2,1-3H3. The second-order valence-electron chi connectivity index (χ2n) is 7.84. The average molecular weight is 455 g/mol. The summed E-state index contributed by atoms with van der Waals surface area (Å²) in [5.41, 5.74) is 2.57. The van der Waals surface area contributed by atoms with Crippen molar-refractivity contribution in [3.05, 3.63) is 78.4 Å². The van der Waals surface area contributed by atoms with Gasteiger partial charge in [0.25, 0.3) is 0 Å². The molecule has 0 heterocycles. The summed E-state index contributed by atoms with van der Waals surface area (Å²) in [5.74, 6) is 1.63. The fourth-order valence-corrected chi connectivity index (χ4v) is 4.42. The molecule has 0 radical (unpaired) electrons. The Morgan fingerprint density at radius 1 is 0.806 bits per heavy atom. The van der Waals surface area contributed by atoms with E-state index in [2.05, 4.69) is 13.1 Å². The van der Waals surface area contributed by atoms with Crippen molar-refractivity contribution in [3.63, 3.8) is 0 Å². The third-order valence-electron chi connectivity index (χ3n) is 4.76. The first-order chi connectivity index (χ1) is 14.8. The molecule has 0 atom stereocenters. The first kappa shape index (κ1) is 22.9. The Labute approximate surface area is 189 Å². The van der Waals surface area contributed by atoms with Crippen LogP contribution < -0.4 is 14.2 Å².